The molecular weight excluding hydrogens is 216 g/mol. The first-order chi connectivity index (χ1) is 8.20. The molecule has 0 saturated carbocycles. The highest BCUT2D eigenvalue weighted by atomic mass is 16.6. The van der Waals surface area contributed by atoms with Crippen molar-refractivity contribution in [3.63, 3.8) is 0 Å². The number of esters is 2. The van der Waals surface area contributed by atoms with Gasteiger partial charge in [-0.2, -0.15) is 0 Å². The number of hydrogen-bond acceptors (Lipinski definition) is 3. The van der Waals surface area contributed by atoms with Gasteiger partial charge in [0.2, 0.25) is 0 Å². The lowest BCUT2D eigenvalue weighted by molar-refractivity contribution is -0.155. The van der Waals surface area contributed by atoms with Gasteiger partial charge in [0, 0.05) is 12.3 Å². The second-order valence-corrected chi connectivity index (χ2v) is 4.13. The third-order valence-corrected chi connectivity index (χ3v) is 2.56. The summed E-state index contributed by atoms with van der Waals surface area (Å²) in [5.41, 5.74) is 0. The van der Waals surface area contributed by atoms with Gasteiger partial charge in [0.15, 0.2) is 0 Å². The summed E-state index contributed by atoms with van der Waals surface area (Å²) in [5.74, 6) is 0.335. The van der Waals surface area contributed by atoms with Crippen molar-refractivity contribution in [3.8, 4) is 12.3 Å². The van der Waals surface area contributed by atoms with E-state index in [1.54, 1.807) is 5.92 Å². The van der Waals surface area contributed by atoms with Gasteiger partial charge < -0.3 is 4.74 Å². The minimum absolute atomic E-state index is 0.280. The molecule has 0 atom stereocenters. The molecule has 0 aliphatic heterocycles. The van der Waals surface area contributed by atoms with Crippen LogP contribution in [0.2, 0.25) is 0 Å². The number of terminal acetylenes is 1. The van der Waals surface area contributed by atoms with Gasteiger partial charge in [0.05, 0.1) is 0 Å². The van der Waals surface area contributed by atoms with Gasteiger partial charge in [0.1, 0.15) is 0 Å². The fraction of sp³-hybridized carbons (Fsp3) is 0.714. The molecule has 0 N–H and O–H groups in total. The predicted molar refractivity (Wildman–Crippen MR) is 67.2 cm³/mol. The van der Waals surface area contributed by atoms with E-state index in [1.807, 2.05) is 0 Å². The first kappa shape index (κ1) is 15.7. The zero-order valence-corrected chi connectivity index (χ0v) is 10.7. The molecule has 0 aliphatic carbocycles. The topological polar surface area (TPSA) is 43.4 Å². The molecule has 17 heavy (non-hydrogen) atoms. The molecule has 0 rings (SSSR count). The van der Waals surface area contributed by atoms with E-state index in [1.165, 1.54) is 32.1 Å². The standard InChI is InChI=1S/C14H22O3/c1-3-5-6-7-8-9-10-11-12-14(16)17-13(15)4-2/h2H,3,5-12H2,1H3. The molecule has 0 aromatic heterocycles. The lowest BCUT2D eigenvalue weighted by Gasteiger charge is -2.01. The van der Waals surface area contributed by atoms with Crippen LogP contribution in [0.1, 0.15) is 64.7 Å². The van der Waals surface area contributed by atoms with Crippen LogP contribution in [0.4, 0.5) is 0 Å². The second kappa shape index (κ2) is 11.2. The fourth-order valence-electron chi connectivity index (χ4n) is 1.59. The number of carbonyl (C=O) groups excluding carboxylic acids is 2. The van der Waals surface area contributed by atoms with Crippen LogP contribution >= 0.6 is 0 Å². The van der Waals surface area contributed by atoms with Crippen LogP contribution in [-0.4, -0.2) is 11.9 Å². The molecule has 0 aliphatic rings. The van der Waals surface area contributed by atoms with Crippen molar-refractivity contribution in [1.82, 2.24) is 0 Å². The van der Waals surface area contributed by atoms with Crippen molar-refractivity contribution >= 4 is 11.9 Å². The van der Waals surface area contributed by atoms with E-state index in [4.69, 9.17) is 6.42 Å². The van der Waals surface area contributed by atoms with E-state index in [0.717, 1.165) is 19.3 Å². The Kier molecular flexibility index (Phi) is 10.3. The normalized spacial score (nSPS) is 9.65. The molecule has 0 amide bonds. The van der Waals surface area contributed by atoms with Crippen molar-refractivity contribution in [2.24, 2.45) is 0 Å². The van der Waals surface area contributed by atoms with Crippen LogP contribution in [-0.2, 0) is 14.3 Å². The third kappa shape index (κ3) is 11.0. The summed E-state index contributed by atoms with van der Waals surface area (Å²) >= 11 is 0. The summed E-state index contributed by atoms with van der Waals surface area (Å²) in [7, 11) is 0. The van der Waals surface area contributed by atoms with E-state index in [9.17, 15) is 9.59 Å². The average Bonchev–Trinajstić information content (AvgIpc) is 2.32. The van der Waals surface area contributed by atoms with Crippen LogP contribution < -0.4 is 0 Å². The number of rotatable bonds is 9. The quantitative estimate of drug-likeness (QED) is 0.204. The van der Waals surface area contributed by atoms with E-state index < -0.39 is 11.9 Å². The van der Waals surface area contributed by atoms with Crippen LogP contribution in [0.25, 0.3) is 0 Å². The zero-order chi connectivity index (χ0) is 12.9. The van der Waals surface area contributed by atoms with Crippen LogP contribution in [0, 0.1) is 12.3 Å². The number of unbranched alkanes of at least 4 members (excludes halogenated alkanes) is 7. The summed E-state index contributed by atoms with van der Waals surface area (Å²) < 4.78 is 4.35. The van der Waals surface area contributed by atoms with Gasteiger partial charge in [0.25, 0.3) is 0 Å². The molecule has 0 aromatic carbocycles. The Morgan fingerprint density at radius 2 is 1.53 bits per heavy atom. The van der Waals surface area contributed by atoms with Gasteiger partial charge in [-0.25, -0.2) is 4.79 Å². The molecule has 0 heterocycles. The molecule has 96 valence electrons. The second-order valence-electron chi connectivity index (χ2n) is 4.13. The molecule has 3 nitrogen and oxygen atoms in total. The molecule has 0 unspecified atom stereocenters. The lowest BCUT2D eigenvalue weighted by atomic mass is 10.1. The largest absolute Gasteiger partial charge is 0.391 e. The van der Waals surface area contributed by atoms with E-state index in [0.29, 0.717) is 0 Å². The van der Waals surface area contributed by atoms with Crippen molar-refractivity contribution in [1.29, 1.82) is 0 Å². The van der Waals surface area contributed by atoms with E-state index >= 15 is 0 Å². The highest BCUT2D eigenvalue weighted by molar-refractivity contribution is 5.95. The van der Waals surface area contributed by atoms with Gasteiger partial charge in [-0.15, -0.1) is 6.42 Å². The number of ether oxygens (including phenoxy) is 1. The Labute approximate surface area is 104 Å². The smallest absolute Gasteiger partial charge is 0.383 e. The Balaban J connectivity index is 3.25. The molecule has 0 spiro atoms. The Morgan fingerprint density at radius 1 is 1.00 bits per heavy atom. The summed E-state index contributed by atoms with van der Waals surface area (Å²) in [5, 5.41) is 0. The van der Waals surface area contributed by atoms with E-state index in [-0.39, 0.29) is 6.42 Å². The van der Waals surface area contributed by atoms with Crippen molar-refractivity contribution in [3.05, 3.63) is 0 Å². The fourth-order valence-corrected chi connectivity index (χ4v) is 1.59. The lowest BCUT2D eigenvalue weighted by Crippen LogP contribution is -2.09. The average molecular weight is 238 g/mol. The summed E-state index contributed by atoms with van der Waals surface area (Å²) in [6.07, 6.45) is 14.3. The molecular formula is C14H22O3. The molecule has 0 bridgehead atoms. The third-order valence-electron chi connectivity index (χ3n) is 2.56. The first-order valence-electron chi connectivity index (χ1n) is 6.42. The minimum Gasteiger partial charge on any atom is -0.383 e. The van der Waals surface area contributed by atoms with Crippen molar-refractivity contribution in [2.75, 3.05) is 0 Å². The van der Waals surface area contributed by atoms with Gasteiger partial charge in [-0.3, -0.25) is 4.79 Å². The zero-order valence-electron chi connectivity index (χ0n) is 10.7. The van der Waals surface area contributed by atoms with Gasteiger partial charge in [-0.05, 0) is 6.42 Å². The summed E-state index contributed by atoms with van der Waals surface area (Å²) in [4.78, 5) is 21.6. The summed E-state index contributed by atoms with van der Waals surface area (Å²) in [6.45, 7) is 2.20. The van der Waals surface area contributed by atoms with E-state index in [2.05, 4.69) is 11.7 Å². The Hall–Kier alpha value is -1.30. The maximum absolute atomic E-state index is 11.0. The number of carbonyl (C=O) groups is 2. The minimum atomic E-state index is -0.894. The predicted octanol–water partition coefficient (Wildman–Crippen LogP) is 3.22. The van der Waals surface area contributed by atoms with Gasteiger partial charge in [-0.1, -0.05) is 51.9 Å². The SMILES string of the molecule is C#CC(=O)OC(=O)CCCCCCCCCC. The molecule has 0 radical (unpaired) electrons. The molecule has 0 saturated heterocycles. The monoisotopic (exact) mass is 238 g/mol. The van der Waals surface area contributed by atoms with Crippen molar-refractivity contribution < 1.29 is 14.3 Å². The van der Waals surface area contributed by atoms with Crippen LogP contribution in [0.5, 0.6) is 0 Å². The molecule has 3 heteroatoms. The first-order valence-corrected chi connectivity index (χ1v) is 6.42. The highest BCUT2D eigenvalue weighted by Gasteiger charge is 2.06. The van der Waals surface area contributed by atoms with Crippen LogP contribution in [0.3, 0.4) is 0 Å². The maximum Gasteiger partial charge on any atom is 0.391 e. The Morgan fingerprint density at radius 3 is 2.06 bits per heavy atom. The van der Waals surface area contributed by atoms with Crippen LogP contribution in [0.15, 0.2) is 0 Å². The van der Waals surface area contributed by atoms with Gasteiger partial charge >= 0.3 is 11.9 Å². The Bertz CT molecular complexity index is 263. The van der Waals surface area contributed by atoms with Crippen molar-refractivity contribution in [2.45, 2.75) is 64.7 Å². The highest BCUT2D eigenvalue weighted by Crippen LogP contribution is 2.09. The summed E-state index contributed by atoms with van der Waals surface area (Å²) in [6, 6.07) is 0. The number of hydrogen-bond donors (Lipinski definition) is 0. The molecule has 0 fully saturated rings. The molecule has 0 aromatic rings. The maximum atomic E-state index is 11.0.